The van der Waals surface area contributed by atoms with E-state index in [1.807, 2.05) is 25.1 Å². The molecule has 0 aliphatic heterocycles. The molecule has 0 unspecified atom stereocenters. The average Bonchev–Trinajstić information content (AvgIpc) is 2.40. The molecule has 0 atom stereocenters. The van der Waals surface area contributed by atoms with Gasteiger partial charge in [-0.2, -0.15) is 0 Å². The smallest absolute Gasteiger partial charge is 0.133 e. The maximum atomic E-state index is 9.15. The third kappa shape index (κ3) is 3.48. The number of ether oxygens (including phenoxy) is 1. The van der Waals surface area contributed by atoms with Gasteiger partial charge in [-0.1, -0.05) is 12.1 Å². The number of nitrogens with zero attached hydrogens (tertiary/aromatic N) is 1. The van der Waals surface area contributed by atoms with E-state index < -0.39 is 0 Å². The van der Waals surface area contributed by atoms with Crippen LogP contribution in [0.3, 0.4) is 0 Å². The van der Waals surface area contributed by atoms with Crippen LogP contribution in [0.15, 0.2) is 42.6 Å². The molecule has 1 N–H and O–H groups in total. The van der Waals surface area contributed by atoms with E-state index in [1.54, 1.807) is 6.07 Å². The number of rotatable bonds is 5. The number of aromatic nitrogens is 1. The van der Waals surface area contributed by atoms with Crippen molar-refractivity contribution in [1.29, 1.82) is 0 Å². The van der Waals surface area contributed by atoms with Crippen LogP contribution in [0.4, 0.5) is 0 Å². The highest BCUT2D eigenvalue weighted by Gasteiger charge is 1.98. The van der Waals surface area contributed by atoms with Gasteiger partial charge in [-0.3, -0.25) is 4.98 Å². The molecule has 0 aliphatic carbocycles. The van der Waals surface area contributed by atoms with Gasteiger partial charge < -0.3 is 9.84 Å². The van der Waals surface area contributed by atoms with E-state index in [0.717, 1.165) is 24.3 Å². The summed E-state index contributed by atoms with van der Waals surface area (Å²) in [5.41, 5.74) is 2.25. The molecule has 3 nitrogen and oxygen atoms in total. The van der Waals surface area contributed by atoms with E-state index in [1.165, 1.54) is 11.8 Å². The zero-order chi connectivity index (χ0) is 12.8. The molecule has 0 aliphatic rings. The zero-order valence-corrected chi connectivity index (χ0v) is 10.5. The number of pyridine rings is 1. The second kappa shape index (κ2) is 6.05. The molecule has 0 amide bonds. The third-order valence-corrected chi connectivity index (χ3v) is 2.71. The molecule has 18 heavy (non-hydrogen) atoms. The van der Waals surface area contributed by atoms with E-state index in [9.17, 15) is 0 Å². The van der Waals surface area contributed by atoms with Crippen molar-refractivity contribution in [3.63, 3.8) is 0 Å². The van der Waals surface area contributed by atoms with E-state index in [-0.39, 0.29) is 5.75 Å². The summed E-state index contributed by atoms with van der Waals surface area (Å²) < 4.78 is 5.40. The fraction of sp³-hybridized carbons (Fsp3) is 0.267. The maximum absolute atomic E-state index is 9.15. The van der Waals surface area contributed by atoms with Gasteiger partial charge in [0, 0.05) is 5.69 Å². The molecule has 3 heteroatoms. The fourth-order valence-electron chi connectivity index (χ4n) is 1.76. The van der Waals surface area contributed by atoms with Crippen LogP contribution in [-0.4, -0.2) is 16.7 Å². The number of benzene rings is 1. The standard InChI is InChI=1S/C15H17NO2/c1-2-18-15-9-4-12(5-10-15)3-6-13-7-8-14(17)11-16-13/h4-5,7-11,17H,2-3,6H2,1H3. The molecule has 0 saturated heterocycles. The van der Waals surface area contributed by atoms with Gasteiger partial charge in [0.25, 0.3) is 0 Å². The Balaban J connectivity index is 1.91. The van der Waals surface area contributed by atoms with Gasteiger partial charge >= 0.3 is 0 Å². The molecule has 1 aromatic carbocycles. The number of hydrogen-bond donors (Lipinski definition) is 1. The predicted molar refractivity (Wildman–Crippen MR) is 70.9 cm³/mol. The van der Waals surface area contributed by atoms with Gasteiger partial charge in [0.05, 0.1) is 12.8 Å². The van der Waals surface area contributed by atoms with Crippen LogP contribution in [0, 0.1) is 0 Å². The van der Waals surface area contributed by atoms with Crippen molar-refractivity contribution in [2.24, 2.45) is 0 Å². The first kappa shape index (κ1) is 12.4. The summed E-state index contributed by atoms with van der Waals surface area (Å²) in [6.45, 7) is 2.67. The summed E-state index contributed by atoms with van der Waals surface area (Å²) in [6, 6.07) is 11.6. The second-order valence-electron chi connectivity index (χ2n) is 4.08. The molecule has 0 spiro atoms. The van der Waals surface area contributed by atoms with Gasteiger partial charge in [0.1, 0.15) is 11.5 Å². The minimum Gasteiger partial charge on any atom is -0.506 e. The van der Waals surface area contributed by atoms with Crippen molar-refractivity contribution in [3.8, 4) is 11.5 Å². The lowest BCUT2D eigenvalue weighted by atomic mass is 10.1. The number of aryl methyl sites for hydroxylation is 2. The lowest BCUT2D eigenvalue weighted by Crippen LogP contribution is -1.95. The Morgan fingerprint density at radius 1 is 1.06 bits per heavy atom. The first-order chi connectivity index (χ1) is 8.78. The van der Waals surface area contributed by atoms with E-state index in [0.29, 0.717) is 6.61 Å². The van der Waals surface area contributed by atoms with Crippen molar-refractivity contribution in [1.82, 2.24) is 4.98 Å². The second-order valence-corrected chi connectivity index (χ2v) is 4.08. The molecular formula is C15H17NO2. The van der Waals surface area contributed by atoms with Gasteiger partial charge in [0.15, 0.2) is 0 Å². The van der Waals surface area contributed by atoms with Crippen molar-refractivity contribution < 1.29 is 9.84 Å². The molecule has 1 heterocycles. The summed E-state index contributed by atoms with van der Waals surface area (Å²) in [6.07, 6.45) is 3.28. The lowest BCUT2D eigenvalue weighted by molar-refractivity contribution is 0.340. The van der Waals surface area contributed by atoms with Gasteiger partial charge in [0.2, 0.25) is 0 Å². The Morgan fingerprint density at radius 3 is 2.44 bits per heavy atom. The van der Waals surface area contributed by atoms with Crippen LogP contribution >= 0.6 is 0 Å². The van der Waals surface area contributed by atoms with Gasteiger partial charge in [-0.05, 0) is 49.6 Å². The molecule has 94 valence electrons. The molecular weight excluding hydrogens is 226 g/mol. The zero-order valence-electron chi connectivity index (χ0n) is 10.5. The number of aromatic hydroxyl groups is 1. The quantitative estimate of drug-likeness (QED) is 0.877. The first-order valence-corrected chi connectivity index (χ1v) is 6.13. The van der Waals surface area contributed by atoms with Crippen molar-refractivity contribution in [3.05, 3.63) is 53.9 Å². The highest BCUT2D eigenvalue weighted by molar-refractivity contribution is 5.28. The first-order valence-electron chi connectivity index (χ1n) is 6.13. The van der Waals surface area contributed by atoms with Crippen molar-refractivity contribution in [2.75, 3.05) is 6.61 Å². The Kier molecular flexibility index (Phi) is 4.18. The fourth-order valence-corrected chi connectivity index (χ4v) is 1.76. The molecule has 1 aromatic heterocycles. The normalized spacial score (nSPS) is 10.3. The minimum absolute atomic E-state index is 0.208. The molecule has 2 aromatic rings. The molecule has 0 bridgehead atoms. The largest absolute Gasteiger partial charge is 0.506 e. The molecule has 0 radical (unpaired) electrons. The van der Waals surface area contributed by atoms with Gasteiger partial charge in [-0.25, -0.2) is 0 Å². The third-order valence-electron chi connectivity index (χ3n) is 2.71. The van der Waals surface area contributed by atoms with E-state index in [4.69, 9.17) is 9.84 Å². The van der Waals surface area contributed by atoms with Crippen LogP contribution in [0.25, 0.3) is 0 Å². The number of hydrogen-bond acceptors (Lipinski definition) is 3. The van der Waals surface area contributed by atoms with E-state index in [2.05, 4.69) is 17.1 Å². The molecule has 0 saturated carbocycles. The van der Waals surface area contributed by atoms with Crippen molar-refractivity contribution in [2.45, 2.75) is 19.8 Å². The SMILES string of the molecule is CCOc1ccc(CCc2ccc(O)cn2)cc1. The van der Waals surface area contributed by atoms with Crippen LogP contribution in [0.1, 0.15) is 18.2 Å². The Morgan fingerprint density at radius 2 is 1.83 bits per heavy atom. The van der Waals surface area contributed by atoms with Crippen LogP contribution in [-0.2, 0) is 12.8 Å². The van der Waals surface area contributed by atoms with Gasteiger partial charge in [-0.15, -0.1) is 0 Å². The highest BCUT2D eigenvalue weighted by Crippen LogP contribution is 2.14. The van der Waals surface area contributed by atoms with E-state index >= 15 is 0 Å². The van der Waals surface area contributed by atoms with Crippen LogP contribution in [0.5, 0.6) is 11.5 Å². The Labute approximate surface area is 107 Å². The minimum atomic E-state index is 0.208. The van der Waals surface area contributed by atoms with Crippen LogP contribution in [0.2, 0.25) is 0 Å². The average molecular weight is 243 g/mol. The predicted octanol–water partition coefficient (Wildman–Crippen LogP) is 2.97. The molecule has 0 fully saturated rings. The molecule has 2 rings (SSSR count). The highest BCUT2D eigenvalue weighted by atomic mass is 16.5. The maximum Gasteiger partial charge on any atom is 0.133 e. The van der Waals surface area contributed by atoms with Crippen LogP contribution < -0.4 is 4.74 Å². The monoisotopic (exact) mass is 243 g/mol. The summed E-state index contributed by atoms with van der Waals surface area (Å²) >= 11 is 0. The van der Waals surface area contributed by atoms with Crippen molar-refractivity contribution >= 4 is 0 Å². The summed E-state index contributed by atoms with van der Waals surface area (Å²) in [5.74, 6) is 1.11. The lowest BCUT2D eigenvalue weighted by Gasteiger charge is -2.05. The topological polar surface area (TPSA) is 42.4 Å². The summed E-state index contributed by atoms with van der Waals surface area (Å²) in [5, 5.41) is 9.15. The summed E-state index contributed by atoms with van der Waals surface area (Å²) in [7, 11) is 0. The summed E-state index contributed by atoms with van der Waals surface area (Å²) in [4.78, 5) is 4.17. The Hall–Kier alpha value is -2.03. The Bertz CT molecular complexity index is 477.